The Morgan fingerprint density at radius 1 is 0.778 bits per heavy atom. The van der Waals surface area contributed by atoms with Gasteiger partial charge in [-0.05, 0) is 47.0 Å². The smallest absolute Gasteiger partial charge is 0.338 e. The number of benzene rings is 3. The van der Waals surface area contributed by atoms with Crippen molar-refractivity contribution < 1.29 is 13.2 Å². The monoisotopic (exact) mass is 364 g/mol. The topological polar surface area (TPSA) is 28.7 Å². The molecular formula is C22H15F3N2. The molecule has 27 heavy (non-hydrogen) atoms. The lowest BCUT2D eigenvalue weighted by atomic mass is 10.1. The van der Waals surface area contributed by atoms with E-state index < -0.39 is 11.7 Å². The molecule has 0 aliphatic heterocycles. The first-order chi connectivity index (χ1) is 13.0. The molecule has 0 bridgehead atoms. The van der Waals surface area contributed by atoms with Crippen LogP contribution in [0.5, 0.6) is 0 Å². The van der Waals surface area contributed by atoms with Gasteiger partial charge < -0.3 is 4.98 Å². The fourth-order valence-corrected chi connectivity index (χ4v) is 2.88. The number of hydrogen-bond acceptors (Lipinski definition) is 1. The minimum absolute atomic E-state index is 0.648. The van der Waals surface area contributed by atoms with Crippen LogP contribution in [0.4, 0.5) is 13.2 Å². The van der Waals surface area contributed by atoms with Crippen molar-refractivity contribution in [1.82, 2.24) is 9.97 Å². The highest BCUT2D eigenvalue weighted by atomic mass is 19.4. The van der Waals surface area contributed by atoms with Crippen molar-refractivity contribution in [2.24, 2.45) is 0 Å². The zero-order chi connectivity index (χ0) is 18.9. The van der Waals surface area contributed by atoms with Crippen molar-refractivity contribution in [2.45, 2.75) is 6.18 Å². The third-order valence-corrected chi connectivity index (χ3v) is 4.28. The lowest BCUT2D eigenvalue weighted by molar-refractivity contribution is -0.137. The molecule has 4 aromatic rings. The molecule has 0 amide bonds. The second-order valence-corrected chi connectivity index (χ2v) is 6.17. The first-order valence-electron chi connectivity index (χ1n) is 8.39. The molecule has 0 radical (unpaired) electrons. The number of H-pyrrole nitrogens is 1. The van der Waals surface area contributed by atoms with Gasteiger partial charge in [-0.1, -0.05) is 54.6 Å². The van der Waals surface area contributed by atoms with Gasteiger partial charge in [0.1, 0.15) is 5.82 Å². The molecule has 3 aromatic carbocycles. The summed E-state index contributed by atoms with van der Waals surface area (Å²) in [5.74, 6) is 0.648. The summed E-state index contributed by atoms with van der Waals surface area (Å²) >= 11 is 0. The third kappa shape index (κ3) is 3.77. The fourth-order valence-electron chi connectivity index (χ4n) is 2.88. The molecule has 0 saturated carbocycles. The van der Waals surface area contributed by atoms with E-state index in [1.165, 1.54) is 12.1 Å². The number of hydrogen-bond donors (Lipinski definition) is 1. The van der Waals surface area contributed by atoms with Gasteiger partial charge in [-0.15, -0.1) is 0 Å². The summed E-state index contributed by atoms with van der Waals surface area (Å²) in [7, 11) is 0. The quantitative estimate of drug-likeness (QED) is 0.446. The third-order valence-electron chi connectivity index (χ3n) is 4.28. The van der Waals surface area contributed by atoms with Gasteiger partial charge in [0, 0.05) is 0 Å². The molecule has 134 valence electrons. The molecule has 0 aliphatic rings. The van der Waals surface area contributed by atoms with Crippen LogP contribution in [0.2, 0.25) is 0 Å². The first-order valence-corrected chi connectivity index (χ1v) is 8.39. The van der Waals surface area contributed by atoms with E-state index in [0.29, 0.717) is 11.4 Å². The maximum Gasteiger partial charge on any atom is 0.416 e. The molecular weight excluding hydrogens is 349 g/mol. The maximum absolute atomic E-state index is 12.6. The van der Waals surface area contributed by atoms with E-state index in [0.717, 1.165) is 34.3 Å². The number of aromatic nitrogens is 2. The summed E-state index contributed by atoms with van der Waals surface area (Å²) in [6, 6.07) is 21.1. The van der Waals surface area contributed by atoms with Crippen LogP contribution >= 0.6 is 0 Å². The number of nitrogens with zero attached hydrogens (tertiary/aromatic N) is 1. The summed E-state index contributed by atoms with van der Waals surface area (Å²) in [5.41, 5.74) is 3.97. The first kappa shape index (κ1) is 17.1. The number of rotatable bonds is 3. The Kier molecular flexibility index (Phi) is 4.28. The van der Waals surface area contributed by atoms with E-state index in [1.54, 1.807) is 12.2 Å². The Morgan fingerprint density at radius 3 is 2.22 bits per heavy atom. The second-order valence-electron chi connectivity index (χ2n) is 6.17. The average Bonchev–Trinajstić information content (AvgIpc) is 3.09. The normalized spacial score (nSPS) is 12.1. The molecule has 5 heteroatoms. The van der Waals surface area contributed by atoms with Crippen LogP contribution in [0.3, 0.4) is 0 Å². The van der Waals surface area contributed by atoms with Gasteiger partial charge in [-0.3, -0.25) is 0 Å². The molecule has 0 fully saturated rings. The highest BCUT2D eigenvalue weighted by molar-refractivity contribution is 5.83. The number of fused-ring (bicyclic) bond motifs is 1. The van der Waals surface area contributed by atoms with Crippen LogP contribution in [-0.4, -0.2) is 9.97 Å². The van der Waals surface area contributed by atoms with Gasteiger partial charge in [-0.2, -0.15) is 13.2 Å². The van der Waals surface area contributed by atoms with E-state index in [9.17, 15) is 13.2 Å². The van der Waals surface area contributed by atoms with Crippen LogP contribution in [0, 0.1) is 0 Å². The van der Waals surface area contributed by atoms with Crippen LogP contribution in [0.1, 0.15) is 17.0 Å². The molecule has 1 aromatic heterocycles. The van der Waals surface area contributed by atoms with Gasteiger partial charge >= 0.3 is 6.18 Å². The van der Waals surface area contributed by atoms with Gasteiger partial charge in [-0.25, -0.2) is 4.98 Å². The van der Waals surface area contributed by atoms with E-state index in [4.69, 9.17) is 0 Å². The van der Waals surface area contributed by atoms with E-state index >= 15 is 0 Å². The average molecular weight is 364 g/mol. The molecule has 1 N–H and O–H groups in total. The van der Waals surface area contributed by atoms with Crippen LogP contribution in [0.25, 0.3) is 34.3 Å². The van der Waals surface area contributed by atoms with E-state index in [1.807, 2.05) is 48.5 Å². The highest BCUT2D eigenvalue weighted by Crippen LogP contribution is 2.29. The lowest BCUT2D eigenvalue weighted by Crippen LogP contribution is -2.03. The molecule has 0 aliphatic carbocycles. The zero-order valence-electron chi connectivity index (χ0n) is 14.2. The van der Waals surface area contributed by atoms with Gasteiger partial charge in [0.2, 0.25) is 0 Å². The maximum atomic E-state index is 12.6. The van der Waals surface area contributed by atoms with Crippen molar-refractivity contribution in [3.05, 3.63) is 89.7 Å². The van der Waals surface area contributed by atoms with Gasteiger partial charge in [0.25, 0.3) is 0 Å². The summed E-state index contributed by atoms with van der Waals surface area (Å²) in [4.78, 5) is 7.73. The SMILES string of the molecule is FC(F)(F)c1ccc(C=Cc2nc3ccc(-c4ccccc4)cc3[nH]2)cc1. The Bertz CT molecular complexity index is 1090. The lowest BCUT2D eigenvalue weighted by Gasteiger charge is -2.05. The number of aromatic amines is 1. The Labute approximate surface area is 154 Å². The largest absolute Gasteiger partial charge is 0.416 e. The fraction of sp³-hybridized carbons (Fsp3) is 0.0455. The summed E-state index contributed by atoms with van der Waals surface area (Å²) in [6.07, 6.45) is -0.835. The van der Waals surface area contributed by atoms with Gasteiger partial charge in [0.15, 0.2) is 0 Å². The number of halogens is 3. The predicted molar refractivity (Wildman–Crippen MR) is 102 cm³/mol. The molecule has 0 unspecified atom stereocenters. The van der Waals surface area contributed by atoms with Gasteiger partial charge in [0.05, 0.1) is 16.6 Å². The Morgan fingerprint density at radius 2 is 1.52 bits per heavy atom. The minimum atomic E-state index is -4.32. The van der Waals surface area contributed by atoms with Crippen LogP contribution < -0.4 is 0 Å². The molecule has 0 spiro atoms. The van der Waals surface area contributed by atoms with Crippen LogP contribution in [-0.2, 0) is 6.18 Å². The zero-order valence-corrected chi connectivity index (χ0v) is 14.2. The summed E-state index contributed by atoms with van der Waals surface area (Å²) in [6.45, 7) is 0. The number of alkyl halides is 3. The molecule has 4 rings (SSSR count). The molecule has 0 saturated heterocycles. The second kappa shape index (κ2) is 6.76. The van der Waals surface area contributed by atoms with Crippen molar-refractivity contribution in [1.29, 1.82) is 0 Å². The molecule has 2 nitrogen and oxygen atoms in total. The van der Waals surface area contributed by atoms with Crippen molar-refractivity contribution in [3.63, 3.8) is 0 Å². The minimum Gasteiger partial charge on any atom is -0.338 e. The van der Waals surface area contributed by atoms with E-state index in [-0.39, 0.29) is 0 Å². The number of imidazole rings is 1. The standard InChI is InChI=1S/C22H15F3N2/c23-22(24,25)18-10-6-15(7-11-18)8-13-21-26-19-12-9-17(14-20(19)27-21)16-4-2-1-3-5-16/h1-14H,(H,26,27). The van der Waals surface area contributed by atoms with Crippen molar-refractivity contribution in [3.8, 4) is 11.1 Å². The van der Waals surface area contributed by atoms with Crippen molar-refractivity contribution in [2.75, 3.05) is 0 Å². The predicted octanol–water partition coefficient (Wildman–Crippen LogP) is 6.42. The summed E-state index contributed by atoms with van der Waals surface area (Å²) in [5, 5.41) is 0. The Balaban J connectivity index is 1.58. The van der Waals surface area contributed by atoms with E-state index in [2.05, 4.69) is 9.97 Å². The van der Waals surface area contributed by atoms with Crippen molar-refractivity contribution >= 4 is 23.2 Å². The van der Waals surface area contributed by atoms with Crippen LogP contribution in [0.15, 0.2) is 72.8 Å². The Hall–Kier alpha value is -3.34. The molecule has 0 atom stereocenters. The highest BCUT2D eigenvalue weighted by Gasteiger charge is 2.29. The summed E-state index contributed by atoms with van der Waals surface area (Å²) < 4.78 is 37.8. The number of nitrogens with one attached hydrogen (secondary N) is 1. The molecule has 1 heterocycles.